The highest BCUT2D eigenvalue weighted by Crippen LogP contribution is 2.50. The zero-order chi connectivity index (χ0) is 21.5. The van der Waals surface area contributed by atoms with E-state index < -0.39 is 24.0 Å². The fraction of sp³-hybridized carbons (Fsp3) is 0.167. The SMILES string of the molecule is COc1cccc([C@@H]2[C@@H]3C(=O)N(c4ccccc4)C(=O)[C@H]3ON2c2ccccc2)c1O. The summed E-state index contributed by atoms with van der Waals surface area (Å²) in [7, 11) is 1.46. The predicted molar refractivity (Wildman–Crippen MR) is 114 cm³/mol. The van der Waals surface area contributed by atoms with Gasteiger partial charge in [0, 0.05) is 5.56 Å². The van der Waals surface area contributed by atoms with Crippen molar-refractivity contribution in [3.05, 3.63) is 84.4 Å². The van der Waals surface area contributed by atoms with E-state index in [0.29, 0.717) is 16.9 Å². The van der Waals surface area contributed by atoms with E-state index in [9.17, 15) is 14.7 Å². The number of ether oxygens (including phenoxy) is 1. The average Bonchev–Trinajstić information content (AvgIpc) is 3.31. The van der Waals surface area contributed by atoms with E-state index in [2.05, 4.69) is 0 Å². The van der Waals surface area contributed by atoms with E-state index in [4.69, 9.17) is 9.57 Å². The number of fused-ring (bicyclic) bond motifs is 1. The molecule has 0 aromatic heterocycles. The summed E-state index contributed by atoms with van der Waals surface area (Å²) < 4.78 is 5.26. The van der Waals surface area contributed by atoms with E-state index in [0.717, 1.165) is 0 Å². The lowest BCUT2D eigenvalue weighted by atomic mass is 9.90. The molecule has 2 aliphatic rings. The second kappa shape index (κ2) is 7.45. The number of rotatable bonds is 4. The Labute approximate surface area is 179 Å². The van der Waals surface area contributed by atoms with Crippen molar-refractivity contribution >= 4 is 23.2 Å². The monoisotopic (exact) mass is 416 g/mol. The zero-order valence-corrected chi connectivity index (χ0v) is 16.7. The first-order chi connectivity index (χ1) is 15.1. The molecule has 2 heterocycles. The first-order valence-electron chi connectivity index (χ1n) is 9.91. The average molecular weight is 416 g/mol. The molecule has 0 radical (unpaired) electrons. The molecular weight excluding hydrogens is 396 g/mol. The van der Waals surface area contributed by atoms with Gasteiger partial charge in [0.05, 0.1) is 18.5 Å². The van der Waals surface area contributed by atoms with E-state index in [1.165, 1.54) is 12.0 Å². The number of carbonyl (C=O) groups excluding carboxylic acids is 2. The molecule has 0 saturated carbocycles. The van der Waals surface area contributed by atoms with Crippen LogP contribution in [0.3, 0.4) is 0 Å². The van der Waals surface area contributed by atoms with Crippen LogP contribution in [0.15, 0.2) is 78.9 Å². The van der Waals surface area contributed by atoms with Crippen LogP contribution in [0.2, 0.25) is 0 Å². The Kier molecular flexibility index (Phi) is 4.60. The topological polar surface area (TPSA) is 79.3 Å². The van der Waals surface area contributed by atoms with Gasteiger partial charge >= 0.3 is 0 Å². The molecule has 7 heteroatoms. The molecule has 2 aliphatic heterocycles. The van der Waals surface area contributed by atoms with Gasteiger partial charge in [0.15, 0.2) is 17.6 Å². The number of hydrogen-bond donors (Lipinski definition) is 1. The lowest BCUT2D eigenvalue weighted by Gasteiger charge is -2.29. The first-order valence-corrected chi connectivity index (χ1v) is 9.91. The van der Waals surface area contributed by atoms with E-state index in [1.807, 2.05) is 36.4 Å². The third kappa shape index (κ3) is 2.93. The molecule has 31 heavy (non-hydrogen) atoms. The predicted octanol–water partition coefficient (Wildman–Crippen LogP) is 3.45. The van der Waals surface area contributed by atoms with Gasteiger partial charge in [-0.3, -0.25) is 14.4 Å². The van der Waals surface area contributed by atoms with Crippen molar-refractivity contribution in [2.24, 2.45) is 5.92 Å². The lowest BCUT2D eigenvalue weighted by Crippen LogP contribution is -2.37. The fourth-order valence-electron chi connectivity index (χ4n) is 4.30. The van der Waals surface area contributed by atoms with Crippen molar-refractivity contribution in [1.29, 1.82) is 0 Å². The van der Waals surface area contributed by atoms with Gasteiger partial charge in [0.25, 0.3) is 5.91 Å². The van der Waals surface area contributed by atoms with Crippen molar-refractivity contribution in [3.63, 3.8) is 0 Å². The normalized spacial score (nSPS) is 22.7. The van der Waals surface area contributed by atoms with Gasteiger partial charge in [-0.1, -0.05) is 48.5 Å². The Hall–Kier alpha value is -3.84. The third-order valence-corrected chi connectivity index (χ3v) is 5.71. The number of para-hydroxylation sites is 3. The van der Waals surface area contributed by atoms with Gasteiger partial charge in [-0.05, 0) is 30.3 Å². The summed E-state index contributed by atoms with van der Waals surface area (Å²) in [5.41, 5.74) is 1.62. The second-order valence-corrected chi connectivity index (χ2v) is 7.40. The molecule has 156 valence electrons. The van der Waals surface area contributed by atoms with E-state index >= 15 is 0 Å². The quantitative estimate of drug-likeness (QED) is 0.657. The van der Waals surface area contributed by atoms with Crippen LogP contribution in [0, 0.1) is 5.92 Å². The largest absolute Gasteiger partial charge is 0.504 e. The van der Waals surface area contributed by atoms with Crippen molar-refractivity contribution < 1.29 is 24.3 Å². The standard InChI is InChI=1S/C24H20N2O5/c1-30-18-14-8-13-17(21(18)27)20-19-22(31-26(20)16-11-6-3-7-12-16)24(29)25(23(19)28)15-9-4-2-5-10-15/h2-14,19-20,22,27H,1H3/t19-,20+,22-/m0/s1. The van der Waals surface area contributed by atoms with Crippen LogP contribution in [-0.4, -0.2) is 30.1 Å². The van der Waals surface area contributed by atoms with Crippen LogP contribution < -0.4 is 14.7 Å². The van der Waals surface area contributed by atoms with Crippen LogP contribution >= 0.6 is 0 Å². The highest BCUT2D eigenvalue weighted by Gasteiger charge is 2.60. The molecule has 0 aliphatic carbocycles. The molecule has 2 amide bonds. The van der Waals surface area contributed by atoms with Crippen molar-refractivity contribution in [2.75, 3.05) is 17.1 Å². The van der Waals surface area contributed by atoms with Gasteiger partial charge in [-0.2, -0.15) is 0 Å². The molecule has 2 fully saturated rings. The smallest absolute Gasteiger partial charge is 0.266 e. The lowest BCUT2D eigenvalue weighted by molar-refractivity contribution is -0.126. The Balaban J connectivity index is 1.63. The maximum atomic E-state index is 13.5. The molecular formula is C24H20N2O5. The van der Waals surface area contributed by atoms with Crippen molar-refractivity contribution in [3.8, 4) is 11.5 Å². The van der Waals surface area contributed by atoms with Crippen LogP contribution in [0.25, 0.3) is 0 Å². The van der Waals surface area contributed by atoms with Crippen LogP contribution in [0.4, 0.5) is 11.4 Å². The van der Waals surface area contributed by atoms with Crippen LogP contribution in [-0.2, 0) is 14.4 Å². The summed E-state index contributed by atoms with van der Waals surface area (Å²) in [6.07, 6.45) is -0.997. The summed E-state index contributed by atoms with van der Waals surface area (Å²) >= 11 is 0. The second-order valence-electron chi connectivity index (χ2n) is 7.40. The van der Waals surface area contributed by atoms with Gasteiger partial charge in [-0.25, -0.2) is 9.96 Å². The highest BCUT2D eigenvalue weighted by molar-refractivity contribution is 6.23. The zero-order valence-electron chi connectivity index (χ0n) is 16.7. The maximum Gasteiger partial charge on any atom is 0.266 e. The number of phenols is 1. The first kappa shape index (κ1) is 19.1. The van der Waals surface area contributed by atoms with Gasteiger partial charge < -0.3 is 9.84 Å². The fourth-order valence-corrected chi connectivity index (χ4v) is 4.30. The molecule has 3 aromatic rings. The number of hydrogen-bond acceptors (Lipinski definition) is 6. The Morgan fingerprint density at radius 2 is 1.48 bits per heavy atom. The minimum Gasteiger partial charge on any atom is -0.504 e. The van der Waals surface area contributed by atoms with E-state index in [1.54, 1.807) is 47.5 Å². The molecule has 2 saturated heterocycles. The summed E-state index contributed by atoms with van der Waals surface area (Å²) in [5.74, 6) is -1.42. The third-order valence-electron chi connectivity index (χ3n) is 5.71. The van der Waals surface area contributed by atoms with Crippen molar-refractivity contribution in [1.82, 2.24) is 0 Å². The number of hydroxylamine groups is 1. The number of carbonyl (C=O) groups is 2. The molecule has 5 rings (SSSR count). The molecule has 3 aromatic carbocycles. The molecule has 1 N–H and O–H groups in total. The van der Waals surface area contributed by atoms with Crippen LogP contribution in [0.5, 0.6) is 11.5 Å². The maximum absolute atomic E-state index is 13.5. The number of phenolic OH excluding ortho intramolecular Hbond substituents is 1. The number of anilines is 2. The summed E-state index contributed by atoms with van der Waals surface area (Å²) in [4.78, 5) is 34.0. The number of aromatic hydroxyl groups is 1. The molecule has 3 atom stereocenters. The summed E-state index contributed by atoms with van der Waals surface area (Å²) in [5, 5.41) is 12.4. The minimum absolute atomic E-state index is 0.0846. The number of amides is 2. The Bertz CT molecular complexity index is 1140. The number of benzene rings is 3. The Morgan fingerprint density at radius 1 is 0.839 bits per heavy atom. The number of nitrogens with zero attached hydrogens (tertiary/aromatic N) is 2. The van der Waals surface area contributed by atoms with Gasteiger partial charge in [0.1, 0.15) is 12.0 Å². The number of imide groups is 1. The van der Waals surface area contributed by atoms with Gasteiger partial charge in [0.2, 0.25) is 5.91 Å². The molecule has 0 bridgehead atoms. The molecule has 7 nitrogen and oxygen atoms in total. The van der Waals surface area contributed by atoms with Gasteiger partial charge in [-0.15, -0.1) is 0 Å². The highest BCUT2D eigenvalue weighted by atomic mass is 16.7. The summed E-state index contributed by atoms with van der Waals surface area (Å²) in [6.45, 7) is 0. The minimum atomic E-state index is -0.997. The van der Waals surface area contributed by atoms with Crippen LogP contribution in [0.1, 0.15) is 11.6 Å². The summed E-state index contributed by atoms with van der Waals surface area (Å²) in [6, 6.07) is 22.4. The molecule has 0 spiro atoms. The Morgan fingerprint density at radius 3 is 2.13 bits per heavy atom. The van der Waals surface area contributed by atoms with Crippen molar-refractivity contribution in [2.45, 2.75) is 12.1 Å². The van der Waals surface area contributed by atoms with E-state index in [-0.39, 0.29) is 17.4 Å². The number of methoxy groups -OCH3 is 1. The molecule has 0 unspecified atom stereocenters.